The van der Waals surface area contributed by atoms with E-state index in [1.54, 1.807) is 0 Å². The molecule has 1 fully saturated rings. The molecule has 1 aromatic carbocycles. The number of ether oxygens (including phenoxy) is 1. The lowest BCUT2D eigenvalue weighted by Crippen LogP contribution is -2.45. The molecule has 1 saturated heterocycles. The van der Waals surface area contributed by atoms with E-state index >= 15 is 0 Å². The Labute approximate surface area is 127 Å². The van der Waals surface area contributed by atoms with Crippen LogP contribution in [0.4, 0.5) is 0 Å². The van der Waals surface area contributed by atoms with Gasteiger partial charge in [0.05, 0.1) is 6.61 Å². The molecule has 116 valence electrons. The van der Waals surface area contributed by atoms with Gasteiger partial charge in [-0.25, -0.2) is 0 Å². The van der Waals surface area contributed by atoms with Crippen LogP contribution in [0.25, 0.3) is 0 Å². The number of likely N-dealkylation sites (tertiary alicyclic amines) is 1. The van der Waals surface area contributed by atoms with E-state index in [4.69, 9.17) is 10.5 Å². The molecular formula is C17H26N2O2. The van der Waals surface area contributed by atoms with Crippen LogP contribution in [-0.2, 0) is 0 Å². The maximum Gasteiger partial charge on any atom is 0.253 e. The molecule has 2 rings (SSSR count). The Kier molecular flexibility index (Phi) is 5.23. The largest absolute Gasteiger partial charge is 0.494 e. The Morgan fingerprint density at radius 3 is 2.95 bits per heavy atom. The minimum Gasteiger partial charge on any atom is -0.494 e. The Bertz CT molecular complexity index is 500. The third-order valence-electron chi connectivity index (χ3n) is 4.22. The number of hydrogen-bond acceptors (Lipinski definition) is 3. The minimum absolute atomic E-state index is 0.0845. The van der Waals surface area contributed by atoms with Crippen LogP contribution in [0.5, 0.6) is 5.75 Å². The monoisotopic (exact) mass is 290 g/mol. The molecule has 0 unspecified atom stereocenters. The molecule has 0 aliphatic carbocycles. The molecule has 2 N–H and O–H groups in total. The summed E-state index contributed by atoms with van der Waals surface area (Å²) in [5.41, 5.74) is 7.75. The summed E-state index contributed by atoms with van der Waals surface area (Å²) in [7, 11) is 0. The topological polar surface area (TPSA) is 55.6 Å². The fraction of sp³-hybridized carbons (Fsp3) is 0.588. The van der Waals surface area contributed by atoms with Crippen LogP contribution in [0.3, 0.4) is 0 Å². The van der Waals surface area contributed by atoms with Gasteiger partial charge in [0.25, 0.3) is 5.91 Å². The smallest absolute Gasteiger partial charge is 0.253 e. The summed E-state index contributed by atoms with van der Waals surface area (Å²) in [4.78, 5) is 14.6. The van der Waals surface area contributed by atoms with Crippen molar-refractivity contribution in [1.29, 1.82) is 0 Å². The van der Waals surface area contributed by atoms with E-state index in [1.807, 2.05) is 43.9 Å². The van der Waals surface area contributed by atoms with Crippen molar-refractivity contribution >= 4 is 5.91 Å². The first-order valence-electron chi connectivity index (χ1n) is 7.81. The minimum atomic E-state index is 0.0845. The molecule has 1 aliphatic rings. The Morgan fingerprint density at radius 2 is 2.29 bits per heavy atom. The van der Waals surface area contributed by atoms with Gasteiger partial charge >= 0.3 is 0 Å². The number of nitrogens with zero attached hydrogens (tertiary/aromatic N) is 1. The van der Waals surface area contributed by atoms with Crippen molar-refractivity contribution in [2.24, 2.45) is 11.7 Å². The van der Waals surface area contributed by atoms with Gasteiger partial charge < -0.3 is 15.4 Å². The van der Waals surface area contributed by atoms with E-state index in [0.29, 0.717) is 18.1 Å². The van der Waals surface area contributed by atoms with Crippen LogP contribution in [0.1, 0.15) is 42.6 Å². The first-order valence-corrected chi connectivity index (χ1v) is 7.81. The number of benzene rings is 1. The Morgan fingerprint density at radius 1 is 1.52 bits per heavy atom. The zero-order valence-corrected chi connectivity index (χ0v) is 13.3. The highest BCUT2D eigenvalue weighted by Gasteiger charge is 2.26. The molecule has 0 bridgehead atoms. The molecule has 1 amide bonds. The quantitative estimate of drug-likeness (QED) is 0.927. The van der Waals surface area contributed by atoms with Crippen molar-refractivity contribution in [3.8, 4) is 5.75 Å². The first kappa shape index (κ1) is 15.8. The van der Waals surface area contributed by atoms with Crippen LogP contribution in [-0.4, -0.2) is 36.5 Å². The predicted octanol–water partition coefficient (Wildman–Crippen LogP) is 2.59. The molecule has 1 heterocycles. The van der Waals surface area contributed by atoms with Crippen molar-refractivity contribution in [3.63, 3.8) is 0 Å². The summed E-state index contributed by atoms with van der Waals surface area (Å²) in [5.74, 6) is 1.28. The second-order valence-corrected chi connectivity index (χ2v) is 5.93. The molecule has 4 nitrogen and oxygen atoms in total. The van der Waals surface area contributed by atoms with Crippen molar-refractivity contribution in [1.82, 2.24) is 4.90 Å². The van der Waals surface area contributed by atoms with Crippen LogP contribution < -0.4 is 10.5 Å². The van der Waals surface area contributed by atoms with Gasteiger partial charge in [-0.05, 0) is 57.2 Å². The van der Waals surface area contributed by atoms with Crippen LogP contribution in [0.15, 0.2) is 18.2 Å². The van der Waals surface area contributed by atoms with E-state index in [9.17, 15) is 4.79 Å². The molecule has 0 aromatic heterocycles. The third-order valence-corrected chi connectivity index (χ3v) is 4.22. The highest BCUT2D eigenvalue weighted by atomic mass is 16.5. The average molecular weight is 290 g/mol. The summed E-state index contributed by atoms with van der Waals surface area (Å²) < 4.78 is 5.58. The number of carbonyl (C=O) groups is 1. The zero-order valence-electron chi connectivity index (χ0n) is 13.3. The average Bonchev–Trinajstić information content (AvgIpc) is 2.49. The SMILES string of the molecule is CCOc1cc(C(=O)N2CCC[C@H]([C@@H](C)N)C2)ccc1C. The molecule has 2 atom stereocenters. The Balaban J connectivity index is 2.14. The van der Waals surface area contributed by atoms with Crippen LogP contribution >= 0.6 is 0 Å². The molecule has 0 radical (unpaired) electrons. The third kappa shape index (κ3) is 3.76. The first-order chi connectivity index (χ1) is 10.0. The zero-order chi connectivity index (χ0) is 15.4. The number of carbonyl (C=O) groups excluding carboxylic acids is 1. The predicted molar refractivity (Wildman–Crippen MR) is 84.6 cm³/mol. The van der Waals surface area contributed by atoms with Crippen LogP contribution in [0.2, 0.25) is 0 Å². The number of piperidine rings is 1. The van der Waals surface area contributed by atoms with E-state index in [1.165, 1.54) is 0 Å². The lowest BCUT2D eigenvalue weighted by atomic mass is 9.92. The van der Waals surface area contributed by atoms with Crippen molar-refractivity contribution in [2.75, 3.05) is 19.7 Å². The number of aryl methyl sites for hydroxylation is 1. The summed E-state index contributed by atoms with van der Waals surface area (Å²) in [6.45, 7) is 8.15. The fourth-order valence-electron chi connectivity index (χ4n) is 2.85. The van der Waals surface area contributed by atoms with E-state index in [2.05, 4.69) is 0 Å². The van der Waals surface area contributed by atoms with Gasteiger partial charge in [-0.3, -0.25) is 4.79 Å². The molecule has 0 spiro atoms. The van der Waals surface area contributed by atoms with E-state index in [-0.39, 0.29) is 11.9 Å². The van der Waals surface area contributed by atoms with Gasteiger partial charge in [-0.15, -0.1) is 0 Å². The van der Waals surface area contributed by atoms with Gasteiger partial charge in [-0.2, -0.15) is 0 Å². The number of hydrogen-bond donors (Lipinski definition) is 1. The van der Waals surface area contributed by atoms with Gasteiger partial charge in [0.15, 0.2) is 0 Å². The van der Waals surface area contributed by atoms with Crippen LogP contribution in [0, 0.1) is 12.8 Å². The molecule has 0 saturated carbocycles. The maximum atomic E-state index is 12.7. The number of rotatable bonds is 4. The summed E-state index contributed by atoms with van der Waals surface area (Å²) >= 11 is 0. The summed E-state index contributed by atoms with van der Waals surface area (Å²) in [6, 6.07) is 5.83. The molecular weight excluding hydrogens is 264 g/mol. The van der Waals surface area contributed by atoms with Crippen molar-refractivity contribution in [2.45, 2.75) is 39.7 Å². The summed E-state index contributed by atoms with van der Waals surface area (Å²) in [6.07, 6.45) is 2.14. The highest BCUT2D eigenvalue weighted by molar-refractivity contribution is 5.94. The van der Waals surface area contributed by atoms with Gasteiger partial charge in [0, 0.05) is 24.7 Å². The van der Waals surface area contributed by atoms with Gasteiger partial charge in [-0.1, -0.05) is 6.07 Å². The lowest BCUT2D eigenvalue weighted by molar-refractivity contribution is 0.0660. The molecule has 1 aromatic rings. The normalized spacial score (nSPS) is 20.2. The number of nitrogens with two attached hydrogens (primary N) is 1. The second kappa shape index (κ2) is 6.94. The van der Waals surface area contributed by atoms with Crippen molar-refractivity contribution in [3.05, 3.63) is 29.3 Å². The van der Waals surface area contributed by atoms with Gasteiger partial charge in [0.2, 0.25) is 0 Å². The highest BCUT2D eigenvalue weighted by Crippen LogP contribution is 2.24. The second-order valence-electron chi connectivity index (χ2n) is 5.93. The number of amides is 1. The molecule has 21 heavy (non-hydrogen) atoms. The van der Waals surface area contributed by atoms with Crippen molar-refractivity contribution < 1.29 is 9.53 Å². The Hall–Kier alpha value is -1.55. The van der Waals surface area contributed by atoms with E-state index in [0.717, 1.165) is 37.2 Å². The maximum absolute atomic E-state index is 12.7. The summed E-state index contributed by atoms with van der Waals surface area (Å²) in [5, 5.41) is 0. The molecule has 4 heteroatoms. The molecule has 1 aliphatic heterocycles. The fourth-order valence-corrected chi connectivity index (χ4v) is 2.85. The standard InChI is InChI=1S/C17H26N2O2/c1-4-21-16-10-14(8-7-12(16)2)17(20)19-9-5-6-15(11-19)13(3)18/h7-8,10,13,15H,4-6,9,11,18H2,1-3H3/t13-,15+/m1/s1. The lowest BCUT2D eigenvalue weighted by Gasteiger charge is -2.34. The van der Waals surface area contributed by atoms with E-state index < -0.39 is 0 Å². The van der Waals surface area contributed by atoms with Gasteiger partial charge in [0.1, 0.15) is 5.75 Å².